The van der Waals surface area contributed by atoms with E-state index in [1.54, 1.807) is 0 Å². The minimum Gasteiger partial charge on any atom is -0.481 e. The fourth-order valence-electron chi connectivity index (χ4n) is 5.70. The Labute approximate surface area is 171 Å². The molecule has 2 fully saturated rings. The number of hydrogen-bond donors (Lipinski definition) is 1. The summed E-state index contributed by atoms with van der Waals surface area (Å²) in [5.41, 5.74) is 1.47. The van der Waals surface area contributed by atoms with Gasteiger partial charge in [0.1, 0.15) is 0 Å². The van der Waals surface area contributed by atoms with Crippen molar-refractivity contribution >= 4 is 5.97 Å². The molecule has 1 N–H and O–H groups in total. The molecule has 3 heteroatoms. The molecule has 0 spiro atoms. The SMILES string of the molecule is CC(C)C(C(=O)O)C1CCC(CN2CCC(CCCc3ccccc3)CC2)C1. The lowest BCUT2D eigenvalue weighted by Gasteiger charge is -2.34. The topological polar surface area (TPSA) is 40.5 Å². The fraction of sp³-hybridized carbons (Fsp3) is 0.720. The molecular weight excluding hydrogens is 346 g/mol. The van der Waals surface area contributed by atoms with Gasteiger partial charge in [-0.3, -0.25) is 4.79 Å². The second-order valence-electron chi connectivity index (χ2n) is 9.67. The standard InChI is InChI=1S/C25H39NO2/c1-19(2)24(25(27)28)23-12-11-22(17-23)18-26-15-13-21(14-16-26)10-6-9-20-7-4-3-5-8-20/h3-5,7-8,19,21-24H,6,9-18H2,1-2H3,(H,27,28). The highest BCUT2D eigenvalue weighted by Crippen LogP contribution is 2.39. The molecule has 0 bridgehead atoms. The van der Waals surface area contributed by atoms with Crippen molar-refractivity contribution in [1.29, 1.82) is 0 Å². The first-order chi connectivity index (χ1) is 13.5. The van der Waals surface area contributed by atoms with Crippen LogP contribution in [0.25, 0.3) is 0 Å². The average Bonchev–Trinajstić information content (AvgIpc) is 3.11. The Bertz CT molecular complexity index is 592. The third kappa shape index (κ3) is 6.07. The van der Waals surface area contributed by atoms with Crippen molar-refractivity contribution in [3.05, 3.63) is 35.9 Å². The van der Waals surface area contributed by atoms with Crippen LogP contribution < -0.4 is 0 Å². The zero-order valence-corrected chi connectivity index (χ0v) is 17.9. The lowest BCUT2D eigenvalue weighted by Crippen LogP contribution is -2.37. The smallest absolute Gasteiger partial charge is 0.307 e. The van der Waals surface area contributed by atoms with Crippen molar-refractivity contribution in [3.63, 3.8) is 0 Å². The van der Waals surface area contributed by atoms with Crippen molar-refractivity contribution < 1.29 is 9.90 Å². The highest BCUT2D eigenvalue weighted by Gasteiger charge is 2.37. The predicted molar refractivity (Wildman–Crippen MR) is 115 cm³/mol. The van der Waals surface area contributed by atoms with Gasteiger partial charge >= 0.3 is 5.97 Å². The van der Waals surface area contributed by atoms with E-state index in [-0.39, 0.29) is 11.8 Å². The van der Waals surface area contributed by atoms with E-state index in [9.17, 15) is 9.90 Å². The van der Waals surface area contributed by atoms with Gasteiger partial charge in [-0.05, 0) is 87.3 Å². The Hall–Kier alpha value is -1.35. The number of likely N-dealkylation sites (tertiary alicyclic amines) is 1. The van der Waals surface area contributed by atoms with Crippen LogP contribution >= 0.6 is 0 Å². The lowest BCUT2D eigenvalue weighted by molar-refractivity contribution is -0.145. The van der Waals surface area contributed by atoms with Gasteiger partial charge in [0, 0.05) is 6.54 Å². The molecule has 1 saturated heterocycles. The summed E-state index contributed by atoms with van der Waals surface area (Å²) in [4.78, 5) is 14.3. The Morgan fingerprint density at radius 1 is 1.07 bits per heavy atom. The van der Waals surface area contributed by atoms with E-state index >= 15 is 0 Å². The van der Waals surface area contributed by atoms with E-state index in [4.69, 9.17) is 0 Å². The van der Waals surface area contributed by atoms with E-state index in [1.165, 1.54) is 63.7 Å². The van der Waals surface area contributed by atoms with E-state index in [2.05, 4.69) is 49.1 Å². The Balaban J connectivity index is 1.34. The summed E-state index contributed by atoms with van der Waals surface area (Å²) in [6.07, 6.45) is 10.0. The molecule has 1 heterocycles. The number of carboxylic acids is 1. The molecule has 2 aliphatic rings. The van der Waals surface area contributed by atoms with Gasteiger partial charge in [0.05, 0.1) is 5.92 Å². The summed E-state index contributed by atoms with van der Waals surface area (Å²) in [6.45, 7) is 7.80. The van der Waals surface area contributed by atoms with Gasteiger partial charge in [0.25, 0.3) is 0 Å². The summed E-state index contributed by atoms with van der Waals surface area (Å²) in [6, 6.07) is 10.9. The number of hydrogen-bond acceptors (Lipinski definition) is 2. The number of carboxylic acid groups (broad SMARTS) is 1. The van der Waals surface area contributed by atoms with Crippen molar-refractivity contribution in [1.82, 2.24) is 4.90 Å². The van der Waals surface area contributed by atoms with Crippen LogP contribution in [-0.2, 0) is 11.2 Å². The maximum Gasteiger partial charge on any atom is 0.307 e. The summed E-state index contributed by atoms with van der Waals surface area (Å²) >= 11 is 0. The second kappa shape index (κ2) is 10.4. The maximum atomic E-state index is 11.6. The molecule has 3 unspecified atom stereocenters. The number of rotatable bonds is 9. The minimum absolute atomic E-state index is 0.152. The van der Waals surface area contributed by atoms with Crippen LogP contribution in [0, 0.1) is 29.6 Å². The van der Waals surface area contributed by atoms with Crippen molar-refractivity contribution in [2.45, 2.75) is 65.2 Å². The molecule has 1 aliphatic carbocycles. The van der Waals surface area contributed by atoms with E-state index < -0.39 is 5.97 Å². The van der Waals surface area contributed by atoms with E-state index in [0.717, 1.165) is 18.8 Å². The normalized spacial score (nSPS) is 25.2. The molecule has 0 amide bonds. The molecule has 1 aromatic rings. The molecule has 28 heavy (non-hydrogen) atoms. The molecule has 156 valence electrons. The van der Waals surface area contributed by atoms with Crippen LogP contribution in [0.2, 0.25) is 0 Å². The number of carbonyl (C=O) groups is 1. The lowest BCUT2D eigenvalue weighted by atomic mass is 9.82. The molecular formula is C25H39NO2. The number of nitrogens with zero attached hydrogens (tertiary/aromatic N) is 1. The summed E-state index contributed by atoms with van der Waals surface area (Å²) in [5.74, 6) is 1.50. The summed E-state index contributed by atoms with van der Waals surface area (Å²) in [7, 11) is 0. The molecule has 1 saturated carbocycles. The summed E-state index contributed by atoms with van der Waals surface area (Å²) < 4.78 is 0. The Morgan fingerprint density at radius 3 is 2.43 bits per heavy atom. The second-order valence-corrected chi connectivity index (χ2v) is 9.67. The first-order valence-electron chi connectivity index (χ1n) is 11.5. The highest BCUT2D eigenvalue weighted by molar-refractivity contribution is 5.70. The van der Waals surface area contributed by atoms with Gasteiger partial charge in [0.15, 0.2) is 0 Å². The highest BCUT2D eigenvalue weighted by atomic mass is 16.4. The molecule has 1 aromatic carbocycles. The van der Waals surface area contributed by atoms with Crippen molar-refractivity contribution in [3.8, 4) is 0 Å². The van der Waals surface area contributed by atoms with Gasteiger partial charge in [-0.2, -0.15) is 0 Å². The molecule has 3 atom stereocenters. The van der Waals surface area contributed by atoms with E-state index in [1.807, 2.05) is 0 Å². The van der Waals surface area contributed by atoms with Crippen LogP contribution in [0.1, 0.15) is 64.4 Å². The third-order valence-corrected chi connectivity index (χ3v) is 7.24. The Kier molecular flexibility index (Phi) is 7.96. The monoisotopic (exact) mass is 385 g/mol. The van der Waals surface area contributed by atoms with Gasteiger partial charge in [0.2, 0.25) is 0 Å². The zero-order chi connectivity index (χ0) is 19.9. The first-order valence-corrected chi connectivity index (χ1v) is 11.5. The number of aliphatic carboxylic acids is 1. The number of benzene rings is 1. The van der Waals surface area contributed by atoms with Gasteiger partial charge in [-0.15, -0.1) is 0 Å². The van der Waals surface area contributed by atoms with Crippen molar-refractivity contribution in [2.24, 2.45) is 29.6 Å². The minimum atomic E-state index is -0.586. The predicted octanol–water partition coefficient (Wildman–Crippen LogP) is 5.49. The van der Waals surface area contributed by atoms with Crippen molar-refractivity contribution in [2.75, 3.05) is 19.6 Å². The molecule has 1 aliphatic heterocycles. The Morgan fingerprint density at radius 2 is 1.79 bits per heavy atom. The molecule has 0 aromatic heterocycles. The van der Waals surface area contributed by atoms with Crippen LogP contribution in [0.4, 0.5) is 0 Å². The van der Waals surface area contributed by atoms with Gasteiger partial charge in [-0.25, -0.2) is 0 Å². The summed E-state index contributed by atoms with van der Waals surface area (Å²) in [5, 5.41) is 9.57. The van der Waals surface area contributed by atoms with Gasteiger partial charge < -0.3 is 10.0 Å². The number of piperidine rings is 1. The maximum absolute atomic E-state index is 11.6. The third-order valence-electron chi connectivity index (χ3n) is 7.24. The fourth-order valence-corrected chi connectivity index (χ4v) is 5.70. The first kappa shape index (κ1) is 21.4. The van der Waals surface area contributed by atoms with Crippen LogP contribution in [0.3, 0.4) is 0 Å². The molecule has 0 radical (unpaired) electrons. The average molecular weight is 386 g/mol. The molecule has 3 nitrogen and oxygen atoms in total. The van der Waals surface area contributed by atoms with Crippen LogP contribution in [-0.4, -0.2) is 35.6 Å². The number of aryl methyl sites for hydroxylation is 1. The largest absolute Gasteiger partial charge is 0.481 e. The van der Waals surface area contributed by atoms with E-state index in [0.29, 0.717) is 11.8 Å². The zero-order valence-electron chi connectivity index (χ0n) is 17.9. The molecule has 3 rings (SSSR count). The van der Waals surface area contributed by atoms with Gasteiger partial charge in [-0.1, -0.05) is 50.6 Å². The van der Waals surface area contributed by atoms with Crippen LogP contribution in [0.5, 0.6) is 0 Å². The quantitative estimate of drug-likeness (QED) is 0.610. The van der Waals surface area contributed by atoms with Crippen LogP contribution in [0.15, 0.2) is 30.3 Å².